The molecule has 2 N–H and O–H groups in total. The molecule has 140 valence electrons. The predicted octanol–water partition coefficient (Wildman–Crippen LogP) is 4.49. The average molecular weight is 363 g/mol. The summed E-state index contributed by atoms with van der Waals surface area (Å²) in [5.74, 6) is 0.683. The molecule has 1 amide bonds. The molecule has 0 saturated heterocycles. The zero-order valence-electron chi connectivity index (χ0n) is 15.8. The molecule has 0 saturated carbocycles. The third-order valence-electron chi connectivity index (χ3n) is 4.49. The van der Waals surface area contributed by atoms with E-state index in [1.54, 1.807) is 6.20 Å². The molecule has 0 fully saturated rings. The maximum atomic E-state index is 12.6. The minimum absolute atomic E-state index is 0.148. The molecule has 0 atom stereocenters. The van der Waals surface area contributed by atoms with Gasteiger partial charge in [-0.25, -0.2) is 0 Å². The van der Waals surface area contributed by atoms with Crippen molar-refractivity contribution in [2.45, 2.75) is 33.2 Å². The SMILES string of the molecule is CCCCOc1ccc(-c2[nH]ncc2C(=O)NCc2ccccc2C)cc1. The Labute approximate surface area is 159 Å². The van der Waals surface area contributed by atoms with Crippen molar-refractivity contribution >= 4 is 5.91 Å². The van der Waals surface area contributed by atoms with Crippen LogP contribution in [0.3, 0.4) is 0 Å². The number of carbonyl (C=O) groups excluding carboxylic acids is 1. The summed E-state index contributed by atoms with van der Waals surface area (Å²) in [5, 5.41) is 9.97. The van der Waals surface area contributed by atoms with Gasteiger partial charge in [-0.2, -0.15) is 5.10 Å². The van der Waals surface area contributed by atoms with Gasteiger partial charge in [0.05, 0.1) is 24.1 Å². The lowest BCUT2D eigenvalue weighted by molar-refractivity contribution is 0.0951. The summed E-state index contributed by atoms with van der Waals surface area (Å²) in [5.41, 5.74) is 4.39. The maximum Gasteiger partial charge on any atom is 0.255 e. The Bertz CT molecular complexity index is 885. The van der Waals surface area contributed by atoms with Crippen LogP contribution in [0.15, 0.2) is 54.7 Å². The van der Waals surface area contributed by atoms with Crippen LogP contribution in [0.1, 0.15) is 41.3 Å². The monoisotopic (exact) mass is 363 g/mol. The minimum Gasteiger partial charge on any atom is -0.494 e. The number of carbonyl (C=O) groups is 1. The van der Waals surface area contributed by atoms with Gasteiger partial charge in [-0.15, -0.1) is 0 Å². The molecule has 0 aliphatic rings. The molecule has 3 rings (SSSR count). The number of rotatable bonds is 8. The van der Waals surface area contributed by atoms with Crippen LogP contribution in [0.25, 0.3) is 11.3 Å². The number of hydrogen-bond donors (Lipinski definition) is 2. The van der Waals surface area contributed by atoms with Crippen molar-refractivity contribution in [3.63, 3.8) is 0 Å². The lowest BCUT2D eigenvalue weighted by Crippen LogP contribution is -2.23. The van der Waals surface area contributed by atoms with Crippen molar-refractivity contribution in [1.82, 2.24) is 15.5 Å². The number of unbranched alkanes of at least 4 members (excludes halogenated alkanes) is 1. The topological polar surface area (TPSA) is 67.0 Å². The van der Waals surface area contributed by atoms with Gasteiger partial charge in [-0.3, -0.25) is 9.89 Å². The highest BCUT2D eigenvalue weighted by atomic mass is 16.5. The van der Waals surface area contributed by atoms with Crippen molar-refractivity contribution in [1.29, 1.82) is 0 Å². The van der Waals surface area contributed by atoms with E-state index in [1.807, 2.05) is 55.5 Å². The van der Waals surface area contributed by atoms with Crippen LogP contribution >= 0.6 is 0 Å². The fourth-order valence-electron chi connectivity index (χ4n) is 2.81. The highest BCUT2D eigenvalue weighted by molar-refractivity contribution is 5.99. The summed E-state index contributed by atoms with van der Waals surface area (Å²) in [6, 6.07) is 15.7. The Morgan fingerprint density at radius 2 is 1.93 bits per heavy atom. The highest BCUT2D eigenvalue weighted by Gasteiger charge is 2.15. The second-order valence-corrected chi connectivity index (χ2v) is 6.49. The van der Waals surface area contributed by atoms with Crippen molar-refractivity contribution in [2.24, 2.45) is 0 Å². The van der Waals surface area contributed by atoms with Gasteiger partial charge in [-0.05, 0) is 48.7 Å². The second kappa shape index (κ2) is 9.03. The molecule has 0 unspecified atom stereocenters. The molecule has 1 heterocycles. The van der Waals surface area contributed by atoms with Crippen molar-refractivity contribution < 1.29 is 9.53 Å². The number of aromatic amines is 1. The van der Waals surface area contributed by atoms with Crippen molar-refractivity contribution in [3.8, 4) is 17.0 Å². The molecular weight excluding hydrogens is 338 g/mol. The van der Waals surface area contributed by atoms with E-state index in [-0.39, 0.29) is 5.91 Å². The van der Waals surface area contributed by atoms with E-state index in [2.05, 4.69) is 22.4 Å². The lowest BCUT2D eigenvalue weighted by Gasteiger charge is -2.09. The second-order valence-electron chi connectivity index (χ2n) is 6.49. The molecule has 5 heteroatoms. The Morgan fingerprint density at radius 1 is 1.15 bits per heavy atom. The fraction of sp³-hybridized carbons (Fsp3) is 0.273. The van der Waals surface area contributed by atoms with Crippen LogP contribution < -0.4 is 10.1 Å². The molecule has 0 aliphatic carbocycles. The average Bonchev–Trinajstić information content (AvgIpc) is 3.18. The number of nitrogens with one attached hydrogen (secondary N) is 2. The van der Waals surface area contributed by atoms with Gasteiger partial charge in [0.2, 0.25) is 0 Å². The Morgan fingerprint density at radius 3 is 2.67 bits per heavy atom. The van der Waals surface area contributed by atoms with Crippen LogP contribution in [0.5, 0.6) is 5.75 Å². The molecule has 0 bridgehead atoms. The number of benzene rings is 2. The van der Waals surface area contributed by atoms with Gasteiger partial charge >= 0.3 is 0 Å². The summed E-state index contributed by atoms with van der Waals surface area (Å²) in [6.07, 6.45) is 3.70. The normalized spacial score (nSPS) is 10.6. The van der Waals surface area contributed by atoms with Crippen LogP contribution in [0.4, 0.5) is 0 Å². The molecule has 0 aliphatic heterocycles. The van der Waals surface area contributed by atoms with Crippen molar-refractivity contribution in [2.75, 3.05) is 6.61 Å². The molecule has 2 aromatic carbocycles. The van der Waals surface area contributed by atoms with Crippen LogP contribution in [-0.4, -0.2) is 22.7 Å². The number of aromatic nitrogens is 2. The molecule has 27 heavy (non-hydrogen) atoms. The van der Waals surface area contributed by atoms with Gasteiger partial charge in [0.15, 0.2) is 0 Å². The van der Waals surface area contributed by atoms with Gasteiger partial charge < -0.3 is 10.1 Å². The smallest absolute Gasteiger partial charge is 0.255 e. The van der Waals surface area contributed by atoms with E-state index in [0.29, 0.717) is 24.4 Å². The number of hydrogen-bond acceptors (Lipinski definition) is 3. The first kappa shape index (κ1) is 18.7. The van der Waals surface area contributed by atoms with Crippen LogP contribution in [0.2, 0.25) is 0 Å². The van der Waals surface area contributed by atoms with Gasteiger partial charge in [0, 0.05) is 12.1 Å². The Kier molecular flexibility index (Phi) is 6.26. The number of aryl methyl sites for hydroxylation is 1. The zero-order chi connectivity index (χ0) is 19.1. The summed E-state index contributed by atoms with van der Waals surface area (Å²) in [4.78, 5) is 12.6. The number of nitrogens with zero attached hydrogens (tertiary/aromatic N) is 1. The number of ether oxygens (including phenoxy) is 1. The predicted molar refractivity (Wildman–Crippen MR) is 107 cm³/mol. The molecule has 3 aromatic rings. The molecule has 0 spiro atoms. The van der Waals surface area contributed by atoms with E-state index >= 15 is 0 Å². The first-order valence-corrected chi connectivity index (χ1v) is 9.28. The molecule has 0 radical (unpaired) electrons. The third-order valence-corrected chi connectivity index (χ3v) is 4.49. The number of H-pyrrole nitrogens is 1. The molecular formula is C22H25N3O2. The highest BCUT2D eigenvalue weighted by Crippen LogP contribution is 2.24. The van der Waals surface area contributed by atoms with E-state index in [1.165, 1.54) is 0 Å². The van der Waals surface area contributed by atoms with E-state index in [9.17, 15) is 4.79 Å². The Balaban J connectivity index is 1.68. The summed E-state index contributed by atoms with van der Waals surface area (Å²) in [6.45, 7) is 5.37. The van der Waals surface area contributed by atoms with Gasteiger partial charge in [0.1, 0.15) is 5.75 Å². The largest absolute Gasteiger partial charge is 0.494 e. The first-order chi connectivity index (χ1) is 13.2. The first-order valence-electron chi connectivity index (χ1n) is 9.28. The van der Waals surface area contributed by atoms with Gasteiger partial charge in [0.25, 0.3) is 5.91 Å². The fourth-order valence-corrected chi connectivity index (χ4v) is 2.81. The maximum absolute atomic E-state index is 12.6. The minimum atomic E-state index is -0.148. The van der Waals surface area contributed by atoms with Crippen LogP contribution in [0, 0.1) is 6.92 Å². The Hall–Kier alpha value is -3.08. The molecule has 5 nitrogen and oxygen atoms in total. The standard InChI is InChI=1S/C22H25N3O2/c1-3-4-13-27-19-11-9-17(10-12-19)21-20(15-24-25-21)22(26)23-14-18-8-6-5-7-16(18)2/h5-12,15H,3-4,13-14H2,1-2H3,(H,23,26)(H,24,25). The van der Waals surface area contributed by atoms with Gasteiger partial charge in [-0.1, -0.05) is 37.6 Å². The van der Waals surface area contributed by atoms with Crippen LogP contribution in [-0.2, 0) is 6.54 Å². The molecule has 1 aromatic heterocycles. The lowest BCUT2D eigenvalue weighted by atomic mass is 10.1. The van der Waals surface area contributed by atoms with E-state index in [0.717, 1.165) is 35.3 Å². The summed E-state index contributed by atoms with van der Waals surface area (Å²) in [7, 11) is 0. The number of amides is 1. The summed E-state index contributed by atoms with van der Waals surface area (Å²) >= 11 is 0. The van der Waals surface area contributed by atoms with Crippen molar-refractivity contribution in [3.05, 3.63) is 71.4 Å². The van der Waals surface area contributed by atoms with E-state index < -0.39 is 0 Å². The van der Waals surface area contributed by atoms with E-state index in [4.69, 9.17) is 4.74 Å². The quantitative estimate of drug-likeness (QED) is 0.579. The zero-order valence-corrected chi connectivity index (χ0v) is 15.8. The third kappa shape index (κ3) is 4.76. The summed E-state index contributed by atoms with van der Waals surface area (Å²) < 4.78 is 5.69.